The smallest absolute Gasteiger partial charge is 0.230 e. The zero-order valence-corrected chi connectivity index (χ0v) is 18.9. The number of methoxy groups -OCH3 is 2. The van der Waals surface area contributed by atoms with Crippen LogP contribution in [-0.4, -0.2) is 38.8 Å². The molecule has 0 N–H and O–H groups in total. The monoisotopic (exact) mass is 447 g/mol. The largest absolute Gasteiger partial charge is 0.493 e. The highest BCUT2D eigenvalue weighted by Gasteiger charge is 2.19. The van der Waals surface area contributed by atoms with Gasteiger partial charge in [0, 0.05) is 5.75 Å². The average molecular weight is 448 g/mol. The lowest BCUT2D eigenvalue weighted by atomic mass is 10.2. The number of oxazole rings is 1. The zero-order chi connectivity index (χ0) is 22.2. The highest BCUT2D eigenvalue weighted by molar-refractivity contribution is 7.98. The molecule has 0 aliphatic rings. The van der Waals surface area contributed by atoms with Crippen LogP contribution in [0.2, 0.25) is 0 Å². The summed E-state index contributed by atoms with van der Waals surface area (Å²) in [6.45, 7) is 3.85. The Morgan fingerprint density at radius 3 is 2.62 bits per heavy atom. The summed E-state index contributed by atoms with van der Waals surface area (Å²) < 4.78 is 18.9. The number of aryl methyl sites for hydroxylation is 2. The van der Waals surface area contributed by atoms with Crippen LogP contribution in [0.4, 0.5) is 0 Å². The summed E-state index contributed by atoms with van der Waals surface area (Å²) in [6.07, 6.45) is 0. The minimum atomic E-state index is 0.490. The van der Waals surface area contributed by atoms with Crippen LogP contribution in [0, 0.1) is 13.8 Å². The van der Waals surface area contributed by atoms with Gasteiger partial charge in [0.05, 0.1) is 36.5 Å². The molecule has 5 aromatic rings. The molecule has 9 heteroatoms. The second kappa shape index (κ2) is 8.16. The average Bonchev–Trinajstić information content (AvgIpc) is 3.39. The SMILES string of the molecule is COc1cccc(-c2nc(CSc3nc4ccccc4n4c(C)nnc34)c(C)o2)c1OC. The fourth-order valence-electron chi connectivity index (χ4n) is 3.66. The molecule has 8 nitrogen and oxygen atoms in total. The number of fused-ring (bicyclic) bond motifs is 3. The molecule has 0 saturated heterocycles. The Bertz CT molecular complexity index is 1440. The molecule has 0 aliphatic carbocycles. The predicted molar refractivity (Wildman–Crippen MR) is 122 cm³/mol. The van der Waals surface area contributed by atoms with Gasteiger partial charge in [-0.25, -0.2) is 9.97 Å². The number of para-hydroxylation sites is 3. The van der Waals surface area contributed by atoms with Gasteiger partial charge < -0.3 is 13.9 Å². The number of aromatic nitrogens is 5. The van der Waals surface area contributed by atoms with Gasteiger partial charge in [0.2, 0.25) is 5.89 Å². The molecule has 3 aromatic heterocycles. The first kappa shape index (κ1) is 20.3. The minimum absolute atomic E-state index is 0.490. The van der Waals surface area contributed by atoms with Crippen molar-refractivity contribution < 1.29 is 13.9 Å². The molecule has 0 radical (unpaired) electrons. The van der Waals surface area contributed by atoms with Gasteiger partial charge in [0.25, 0.3) is 0 Å². The van der Waals surface area contributed by atoms with Crippen LogP contribution < -0.4 is 9.47 Å². The van der Waals surface area contributed by atoms with E-state index in [1.54, 1.807) is 26.0 Å². The van der Waals surface area contributed by atoms with E-state index in [2.05, 4.69) is 10.2 Å². The minimum Gasteiger partial charge on any atom is -0.493 e. The normalized spacial score (nSPS) is 11.4. The van der Waals surface area contributed by atoms with Crippen molar-refractivity contribution in [2.45, 2.75) is 24.6 Å². The van der Waals surface area contributed by atoms with E-state index >= 15 is 0 Å². The maximum absolute atomic E-state index is 5.98. The molecular formula is C23H21N5O3S. The number of nitrogens with zero attached hydrogens (tertiary/aromatic N) is 5. The summed E-state index contributed by atoms with van der Waals surface area (Å²) in [4.78, 5) is 9.55. The summed E-state index contributed by atoms with van der Waals surface area (Å²) in [6, 6.07) is 13.6. The van der Waals surface area contributed by atoms with Crippen LogP contribution >= 0.6 is 11.8 Å². The maximum Gasteiger partial charge on any atom is 0.230 e. The van der Waals surface area contributed by atoms with Crippen molar-refractivity contribution >= 4 is 28.4 Å². The lowest BCUT2D eigenvalue weighted by molar-refractivity contribution is 0.355. The Balaban J connectivity index is 1.49. The number of hydrogen-bond donors (Lipinski definition) is 0. The van der Waals surface area contributed by atoms with Crippen molar-refractivity contribution in [1.82, 2.24) is 24.6 Å². The van der Waals surface area contributed by atoms with E-state index in [4.69, 9.17) is 23.9 Å². The summed E-state index contributed by atoms with van der Waals surface area (Å²) in [5.74, 6) is 3.85. The van der Waals surface area contributed by atoms with Crippen molar-refractivity contribution in [3.05, 3.63) is 59.7 Å². The summed E-state index contributed by atoms with van der Waals surface area (Å²) in [7, 11) is 3.21. The Morgan fingerprint density at radius 1 is 0.969 bits per heavy atom. The van der Waals surface area contributed by atoms with Crippen LogP contribution in [-0.2, 0) is 5.75 Å². The van der Waals surface area contributed by atoms with Crippen LogP contribution in [0.25, 0.3) is 28.1 Å². The first-order valence-corrected chi connectivity index (χ1v) is 11.0. The van der Waals surface area contributed by atoms with Crippen LogP contribution in [0.5, 0.6) is 11.5 Å². The van der Waals surface area contributed by atoms with Crippen molar-refractivity contribution in [2.75, 3.05) is 14.2 Å². The molecule has 3 heterocycles. The Hall–Kier alpha value is -3.59. The molecule has 0 aliphatic heterocycles. The van der Waals surface area contributed by atoms with Crippen molar-refractivity contribution in [3.63, 3.8) is 0 Å². The van der Waals surface area contributed by atoms with Crippen molar-refractivity contribution in [1.29, 1.82) is 0 Å². The second-order valence-corrected chi connectivity index (χ2v) is 8.13. The molecule has 162 valence electrons. The molecule has 0 atom stereocenters. The second-order valence-electron chi connectivity index (χ2n) is 7.16. The van der Waals surface area contributed by atoms with Gasteiger partial charge in [-0.05, 0) is 38.1 Å². The summed E-state index contributed by atoms with van der Waals surface area (Å²) >= 11 is 1.56. The van der Waals surface area contributed by atoms with Crippen LogP contribution in [0.15, 0.2) is 51.9 Å². The van der Waals surface area contributed by atoms with Gasteiger partial charge in [-0.3, -0.25) is 4.40 Å². The first-order chi connectivity index (χ1) is 15.6. The van der Waals surface area contributed by atoms with E-state index in [-0.39, 0.29) is 0 Å². The fraction of sp³-hybridized carbons (Fsp3) is 0.217. The maximum atomic E-state index is 5.98. The predicted octanol–water partition coefficient (Wildman–Crippen LogP) is 4.86. The molecular weight excluding hydrogens is 426 g/mol. The van der Waals surface area contributed by atoms with Gasteiger partial charge in [0.15, 0.2) is 17.1 Å². The number of rotatable bonds is 6. The molecule has 5 rings (SSSR count). The van der Waals surface area contributed by atoms with Crippen LogP contribution in [0.1, 0.15) is 17.3 Å². The molecule has 0 fully saturated rings. The number of benzene rings is 2. The number of hydrogen-bond acceptors (Lipinski definition) is 8. The third-order valence-corrected chi connectivity index (χ3v) is 6.20. The van der Waals surface area contributed by atoms with Gasteiger partial charge in [-0.2, -0.15) is 0 Å². The highest BCUT2D eigenvalue weighted by Crippen LogP contribution is 2.38. The molecule has 0 spiro atoms. The Morgan fingerprint density at radius 2 is 1.81 bits per heavy atom. The Labute approximate surface area is 188 Å². The van der Waals surface area contributed by atoms with Crippen LogP contribution in [0.3, 0.4) is 0 Å². The molecule has 2 aromatic carbocycles. The van der Waals surface area contributed by atoms with Crippen molar-refractivity contribution in [2.24, 2.45) is 0 Å². The molecule has 32 heavy (non-hydrogen) atoms. The van der Waals surface area contributed by atoms with E-state index < -0.39 is 0 Å². The molecule has 0 bridgehead atoms. The van der Waals surface area contributed by atoms with E-state index in [9.17, 15) is 0 Å². The molecule has 0 saturated carbocycles. The van der Waals surface area contributed by atoms with Gasteiger partial charge >= 0.3 is 0 Å². The van der Waals surface area contributed by atoms with Gasteiger partial charge in [-0.15, -0.1) is 10.2 Å². The lowest BCUT2D eigenvalue weighted by Gasteiger charge is -2.10. The summed E-state index contributed by atoms with van der Waals surface area (Å²) in [5, 5.41) is 9.41. The van der Waals surface area contributed by atoms with E-state index in [0.29, 0.717) is 23.1 Å². The molecule has 0 unspecified atom stereocenters. The first-order valence-electron chi connectivity index (χ1n) is 10.0. The van der Waals surface area contributed by atoms with E-state index in [1.807, 2.05) is 60.7 Å². The lowest BCUT2D eigenvalue weighted by Crippen LogP contribution is -1.97. The molecule has 0 amide bonds. The highest BCUT2D eigenvalue weighted by atomic mass is 32.2. The topological polar surface area (TPSA) is 87.6 Å². The van der Waals surface area contributed by atoms with Gasteiger partial charge in [0.1, 0.15) is 16.6 Å². The standard InChI is InChI=1S/C23H21N5O3S/c1-13-17(24-22(31-13)15-8-7-11-19(29-3)20(15)30-4)12-32-23-21-27-26-14(2)28(21)18-10-6-5-9-16(18)25-23/h5-11H,12H2,1-4H3. The fourth-order valence-corrected chi connectivity index (χ4v) is 4.63. The van der Waals surface area contributed by atoms with E-state index in [1.165, 1.54) is 0 Å². The number of thioether (sulfide) groups is 1. The zero-order valence-electron chi connectivity index (χ0n) is 18.1. The number of ether oxygens (including phenoxy) is 2. The third-order valence-electron chi connectivity index (χ3n) is 5.23. The Kier molecular flexibility index (Phi) is 5.18. The van der Waals surface area contributed by atoms with Crippen molar-refractivity contribution in [3.8, 4) is 23.0 Å². The van der Waals surface area contributed by atoms with E-state index in [0.717, 1.165) is 44.5 Å². The summed E-state index contributed by atoms with van der Waals surface area (Å²) in [5.41, 5.74) is 4.19. The third kappa shape index (κ3) is 3.34. The van der Waals surface area contributed by atoms with Gasteiger partial charge in [-0.1, -0.05) is 30.0 Å². The quantitative estimate of drug-likeness (QED) is 0.341.